The number of fused-ring (bicyclic) bond motifs is 1. The van der Waals surface area contributed by atoms with Crippen LogP contribution in [0.3, 0.4) is 0 Å². The van der Waals surface area contributed by atoms with Crippen molar-refractivity contribution < 1.29 is 0 Å². The maximum Gasteiger partial charge on any atom is 0.163 e. The maximum atomic E-state index is 4.78. The van der Waals surface area contributed by atoms with Gasteiger partial charge in [0.15, 0.2) is 5.65 Å². The summed E-state index contributed by atoms with van der Waals surface area (Å²) in [7, 11) is 0. The monoisotopic (exact) mass is 271 g/mol. The quantitative estimate of drug-likeness (QED) is 0.550. The number of aromatic nitrogens is 3. The number of para-hydroxylation sites is 1. The number of nitrogens with zero attached hydrogens (tertiary/aromatic N) is 3. The first-order valence-corrected chi connectivity index (χ1v) is 6.87. The van der Waals surface area contributed by atoms with E-state index in [1.165, 1.54) is 0 Å². The third kappa shape index (κ3) is 2.09. The van der Waals surface area contributed by atoms with Crippen molar-refractivity contribution in [2.75, 3.05) is 0 Å². The molecule has 0 amide bonds. The van der Waals surface area contributed by atoms with E-state index >= 15 is 0 Å². The second kappa shape index (κ2) is 4.87. The normalized spacial score (nSPS) is 10.9. The van der Waals surface area contributed by atoms with Gasteiger partial charge in [-0.05, 0) is 24.3 Å². The average molecular weight is 271 g/mol. The van der Waals surface area contributed by atoms with Gasteiger partial charge in [0.1, 0.15) is 0 Å². The Hall–Kier alpha value is -2.94. The molecule has 0 saturated carbocycles. The van der Waals surface area contributed by atoms with Gasteiger partial charge in [0.2, 0.25) is 0 Å². The highest BCUT2D eigenvalue weighted by Crippen LogP contribution is 2.22. The lowest BCUT2D eigenvalue weighted by atomic mass is 10.1. The molecule has 0 atom stereocenters. The number of pyridine rings is 1. The van der Waals surface area contributed by atoms with Crippen LogP contribution < -0.4 is 0 Å². The molecule has 0 bridgehead atoms. The fourth-order valence-electron chi connectivity index (χ4n) is 2.43. The average Bonchev–Trinajstić information content (AvgIpc) is 2.99. The summed E-state index contributed by atoms with van der Waals surface area (Å²) in [6.07, 6.45) is 1.85. The van der Waals surface area contributed by atoms with E-state index < -0.39 is 0 Å². The number of hydrogen-bond donors (Lipinski definition) is 0. The minimum atomic E-state index is 0.877. The summed E-state index contributed by atoms with van der Waals surface area (Å²) in [5.41, 5.74) is 3.97. The summed E-state index contributed by atoms with van der Waals surface area (Å²) >= 11 is 0. The summed E-state index contributed by atoms with van der Waals surface area (Å²) in [6, 6.07) is 24.4. The van der Waals surface area contributed by atoms with E-state index in [-0.39, 0.29) is 0 Å². The molecule has 3 nitrogen and oxygen atoms in total. The number of rotatable bonds is 2. The molecule has 0 N–H and O–H groups in total. The first kappa shape index (κ1) is 11.9. The van der Waals surface area contributed by atoms with Crippen molar-refractivity contribution in [2.24, 2.45) is 0 Å². The van der Waals surface area contributed by atoms with Gasteiger partial charge < -0.3 is 0 Å². The zero-order valence-corrected chi connectivity index (χ0v) is 11.3. The van der Waals surface area contributed by atoms with Crippen molar-refractivity contribution in [3.05, 3.63) is 79.0 Å². The maximum absolute atomic E-state index is 4.78. The molecule has 4 rings (SSSR count). The fourth-order valence-corrected chi connectivity index (χ4v) is 2.43. The summed E-state index contributed by atoms with van der Waals surface area (Å²) in [5, 5.41) is 5.49. The van der Waals surface area contributed by atoms with Crippen LogP contribution in [0.1, 0.15) is 0 Å². The second-order valence-corrected chi connectivity index (χ2v) is 4.87. The highest BCUT2D eigenvalue weighted by atomic mass is 15.3. The molecular weight excluding hydrogens is 258 g/mol. The smallest absolute Gasteiger partial charge is 0.163 e. The van der Waals surface area contributed by atoms with Gasteiger partial charge in [0, 0.05) is 10.9 Å². The number of benzene rings is 2. The molecule has 0 aliphatic rings. The van der Waals surface area contributed by atoms with Crippen molar-refractivity contribution in [3.63, 3.8) is 0 Å². The minimum absolute atomic E-state index is 0.877. The largest absolute Gasteiger partial charge is 0.228 e. The molecule has 0 unspecified atom stereocenters. The van der Waals surface area contributed by atoms with Crippen LogP contribution in [0, 0.1) is 0 Å². The summed E-state index contributed by atoms with van der Waals surface area (Å²) in [4.78, 5) is 4.78. The van der Waals surface area contributed by atoms with E-state index in [0.29, 0.717) is 0 Å². The predicted octanol–water partition coefficient (Wildman–Crippen LogP) is 4.09. The zero-order chi connectivity index (χ0) is 14.1. The van der Waals surface area contributed by atoms with Gasteiger partial charge in [-0.3, -0.25) is 0 Å². The van der Waals surface area contributed by atoms with Crippen LogP contribution in [0.25, 0.3) is 28.0 Å². The molecule has 21 heavy (non-hydrogen) atoms. The molecule has 2 aromatic heterocycles. The first-order valence-electron chi connectivity index (χ1n) is 6.87. The van der Waals surface area contributed by atoms with Crippen LogP contribution in [-0.2, 0) is 0 Å². The van der Waals surface area contributed by atoms with Crippen LogP contribution in [0.15, 0.2) is 79.0 Å². The predicted molar refractivity (Wildman–Crippen MR) is 84.3 cm³/mol. The van der Waals surface area contributed by atoms with Crippen LogP contribution in [0.2, 0.25) is 0 Å². The highest BCUT2D eigenvalue weighted by Gasteiger charge is 2.08. The Bertz CT molecular complexity index is 880. The molecule has 100 valence electrons. The Labute approximate surface area is 122 Å². The molecule has 2 heterocycles. The number of hydrogen-bond acceptors (Lipinski definition) is 2. The van der Waals surface area contributed by atoms with Crippen LogP contribution in [0.4, 0.5) is 0 Å². The Morgan fingerprint density at radius 3 is 2.19 bits per heavy atom. The van der Waals surface area contributed by atoms with Crippen LogP contribution >= 0.6 is 0 Å². The molecular formula is C18H13N3. The van der Waals surface area contributed by atoms with Crippen LogP contribution in [0.5, 0.6) is 0 Å². The van der Waals surface area contributed by atoms with Crippen molar-refractivity contribution in [2.45, 2.75) is 0 Å². The molecule has 2 aromatic carbocycles. The zero-order valence-electron chi connectivity index (χ0n) is 11.3. The lowest BCUT2D eigenvalue weighted by molar-refractivity contribution is 0.897. The lowest BCUT2D eigenvalue weighted by Crippen LogP contribution is -1.97. The fraction of sp³-hybridized carbons (Fsp3) is 0. The summed E-state index contributed by atoms with van der Waals surface area (Å²) in [6.45, 7) is 0. The molecule has 4 aromatic rings. The van der Waals surface area contributed by atoms with E-state index in [4.69, 9.17) is 4.98 Å². The van der Waals surface area contributed by atoms with Gasteiger partial charge in [-0.1, -0.05) is 48.5 Å². The second-order valence-electron chi connectivity index (χ2n) is 4.87. The van der Waals surface area contributed by atoms with Crippen molar-refractivity contribution in [1.82, 2.24) is 14.8 Å². The van der Waals surface area contributed by atoms with Gasteiger partial charge >= 0.3 is 0 Å². The summed E-state index contributed by atoms with van der Waals surface area (Å²) < 4.78 is 1.88. The van der Waals surface area contributed by atoms with E-state index in [0.717, 1.165) is 28.0 Å². The molecule has 0 fully saturated rings. The Morgan fingerprint density at radius 2 is 1.43 bits per heavy atom. The SMILES string of the molecule is c1ccc(-c2ccc3cnn(-c4ccccc4)c3n2)cc1. The third-order valence-corrected chi connectivity index (χ3v) is 3.49. The topological polar surface area (TPSA) is 30.7 Å². The molecule has 0 spiro atoms. The highest BCUT2D eigenvalue weighted by molar-refractivity contribution is 5.79. The van der Waals surface area contributed by atoms with Gasteiger partial charge in [0.25, 0.3) is 0 Å². The van der Waals surface area contributed by atoms with Crippen molar-refractivity contribution in [1.29, 1.82) is 0 Å². The van der Waals surface area contributed by atoms with Gasteiger partial charge in [0.05, 0.1) is 17.6 Å². The van der Waals surface area contributed by atoms with Crippen molar-refractivity contribution >= 4 is 11.0 Å². The Morgan fingerprint density at radius 1 is 0.714 bits per heavy atom. The summed E-state index contributed by atoms with van der Waals surface area (Å²) in [5.74, 6) is 0. The molecule has 0 aliphatic carbocycles. The van der Waals surface area contributed by atoms with E-state index in [1.54, 1.807) is 0 Å². The van der Waals surface area contributed by atoms with Gasteiger partial charge in [-0.2, -0.15) is 5.10 Å². The lowest BCUT2D eigenvalue weighted by Gasteiger charge is -2.04. The first-order chi connectivity index (χ1) is 10.4. The minimum Gasteiger partial charge on any atom is -0.228 e. The molecule has 3 heteroatoms. The van der Waals surface area contributed by atoms with E-state index in [2.05, 4.69) is 23.3 Å². The third-order valence-electron chi connectivity index (χ3n) is 3.49. The Balaban J connectivity index is 1.91. The van der Waals surface area contributed by atoms with E-state index in [1.807, 2.05) is 65.5 Å². The van der Waals surface area contributed by atoms with Gasteiger partial charge in [-0.25, -0.2) is 9.67 Å². The molecule has 0 radical (unpaired) electrons. The molecule has 0 aliphatic heterocycles. The molecule has 0 saturated heterocycles. The standard InChI is InChI=1S/C18H13N3/c1-3-7-14(8-4-1)17-12-11-15-13-19-21(18(15)20-17)16-9-5-2-6-10-16/h1-13H. The van der Waals surface area contributed by atoms with E-state index in [9.17, 15) is 0 Å². The van der Waals surface area contributed by atoms with Crippen molar-refractivity contribution in [3.8, 4) is 16.9 Å². The Kier molecular flexibility index (Phi) is 2.75. The van der Waals surface area contributed by atoms with Crippen LogP contribution in [-0.4, -0.2) is 14.8 Å². The van der Waals surface area contributed by atoms with Gasteiger partial charge in [-0.15, -0.1) is 0 Å².